The summed E-state index contributed by atoms with van der Waals surface area (Å²) in [6, 6.07) is 2.64. The molecule has 1 fully saturated rings. The molecule has 0 N–H and O–H groups in total. The molecule has 1 saturated heterocycles. The van der Waals surface area contributed by atoms with Crippen molar-refractivity contribution in [3.63, 3.8) is 0 Å². The topological polar surface area (TPSA) is 63.5 Å². The molecular formula is C23H31N5O2. The van der Waals surface area contributed by atoms with Crippen LogP contribution in [0, 0.1) is 0 Å². The van der Waals surface area contributed by atoms with Crippen molar-refractivity contribution in [1.29, 1.82) is 0 Å². The Morgan fingerprint density at radius 3 is 2.83 bits per heavy atom. The van der Waals surface area contributed by atoms with Crippen LogP contribution in [0.25, 0.3) is 0 Å². The second-order valence-corrected chi connectivity index (χ2v) is 8.64. The van der Waals surface area contributed by atoms with Crippen molar-refractivity contribution in [2.24, 2.45) is 0 Å². The van der Waals surface area contributed by atoms with Gasteiger partial charge in [0, 0.05) is 56.6 Å². The molecule has 0 unspecified atom stereocenters. The van der Waals surface area contributed by atoms with Gasteiger partial charge < -0.3 is 14.5 Å². The van der Waals surface area contributed by atoms with Crippen LogP contribution >= 0.6 is 0 Å². The Morgan fingerprint density at radius 1 is 1.23 bits per heavy atom. The maximum Gasteiger partial charge on any atom is 0.219 e. The van der Waals surface area contributed by atoms with E-state index in [4.69, 9.17) is 9.84 Å². The summed E-state index contributed by atoms with van der Waals surface area (Å²) in [5.74, 6) is 1.16. The van der Waals surface area contributed by atoms with Gasteiger partial charge in [0.2, 0.25) is 5.91 Å². The van der Waals surface area contributed by atoms with Gasteiger partial charge in [-0.2, -0.15) is 5.10 Å². The number of rotatable bonds is 3. The van der Waals surface area contributed by atoms with Gasteiger partial charge in [-0.3, -0.25) is 14.5 Å². The first-order valence-corrected chi connectivity index (χ1v) is 11.3. The lowest BCUT2D eigenvalue weighted by Crippen LogP contribution is -2.36. The van der Waals surface area contributed by atoms with Crippen molar-refractivity contribution in [3.8, 4) is 0 Å². The van der Waals surface area contributed by atoms with Crippen LogP contribution in [-0.4, -0.2) is 51.9 Å². The standard InChI is InChI=1S/C23H31N5O2/c1-3-18-13-17-5-4-9-27(22(17)14-24-18)23-20-15-26(16(2)29)10-6-21(20)28(25-23)19-7-11-30-12-8-19/h13-14,19H,3-12,15H2,1-2H3. The normalized spacial score (nSPS) is 19.5. The highest BCUT2D eigenvalue weighted by Crippen LogP contribution is 2.39. The summed E-state index contributed by atoms with van der Waals surface area (Å²) in [4.78, 5) is 21.1. The molecule has 1 amide bonds. The summed E-state index contributed by atoms with van der Waals surface area (Å²) in [6.07, 6.45) is 8.05. The maximum absolute atomic E-state index is 12.1. The van der Waals surface area contributed by atoms with E-state index in [2.05, 4.69) is 27.6 Å². The van der Waals surface area contributed by atoms with Crippen molar-refractivity contribution < 1.29 is 9.53 Å². The van der Waals surface area contributed by atoms with E-state index in [1.54, 1.807) is 6.92 Å². The Labute approximate surface area is 178 Å². The Balaban J connectivity index is 1.58. The Bertz CT molecular complexity index is 947. The van der Waals surface area contributed by atoms with Crippen LogP contribution < -0.4 is 4.90 Å². The molecule has 0 aliphatic carbocycles. The first-order valence-electron chi connectivity index (χ1n) is 11.3. The number of pyridine rings is 1. The molecule has 2 aromatic rings. The number of hydrogen-bond acceptors (Lipinski definition) is 5. The second kappa shape index (κ2) is 8.02. The average Bonchev–Trinajstić information content (AvgIpc) is 3.17. The van der Waals surface area contributed by atoms with E-state index in [9.17, 15) is 4.79 Å². The number of fused-ring (bicyclic) bond motifs is 2. The molecule has 0 bridgehead atoms. The van der Waals surface area contributed by atoms with Crippen LogP contribution in [0.2, 0.25) is 0 Å². The number of ether oxygens (including phenoxy) is 1. The van der Waals surface area contributed by atoms with Gasteiger partial charge in [-0.25, -0.2) is 0 Å². The molecule has 0 radical (unpaired) electrons. The van der Waals surface area contributed by atoms with Crippen LogP contribution in [0.4, 0.5) is 11.5 Å². The second-order valence-electron chi connectivity index (χ2n) is 8.64. The van der Waals surface area contributed by atoms with E-state index in [0.717, 1.165) is 76.3 Å². The number of nitrogens with zero attached hydrogens (tertiary/aromatic N) is 5. The summed E-state index contributed by atoms with van der Waals surface area (Å²) < 4.78 is 7.86. The zero-order chi connectivity index (χ0) is 20.7. The van der Waals surface area contributed by atoms with Gasteiger partial charge in [-0.1, -0.05) is 6.92 Å². The Kier molecular flexibility index (Phi) is 5.23. The minimum atomic E-state index is 0.138. The summed E-state index contributed by atoms with van der Waals surface area (Å²) in [5, 5.41) is 5.20. The molecule has 5 heterocycles. The van der Waals surface area contributed by atoms with E-state index in [-0.39, 0.29) is 5.91 Å². The number of hydrogen-bond donors (Lipinski definition) is 0. The zero-order valence-corrected chi connectivity index (χ0v) is 18.1. The van der Waals surface area contributed by atoms with E-state index in [0.29, 0.717) is 12.6 Å². The van der Waals surface area contributed by atoms with E-state index in [1.807, 2.05) is 11.1 Å². The van der Waals surface area contributed by atoms with Crippen LogP contribution in [0.5, 0.6) is 0 Å². The van der Waals surface area contributed by atoms with E-state index >= 15 is 0 Å². The van der Waals surface area contributed by atoms with Crippen LogP contribution in [-0.2, 0) is 35.3 Å². The molecule has 3 aliphatic heterocycles. The lowest BCUT2D eigenvalue weighted by molar-refractivity contribution is -0.129. The average molecular weight is 410 g/mol. The third-order valence-electron chi connectivity index (χ3n) is 6.81. The molecule has 2 aromatic heterocycles. The number of carbonyl (C=O) groups is 1. The molecule has 0 saturated carbocycles. The first-order chi connectivity index (χ1) is 14.7. The number of aromatic nitrogens is 3. The van der Waals surface area contributed by atoms with Gasteiger partial charge in [-0.05, 0) is 43.7 Å². The number of carbonyl (C=O) groups excluding carboxylic acids is 1. The molecule has 3 aliphatic rings. The van der Waals surface area contributed by atoms with Crippen LogP contribution in [0.3, 0.4) is 0 Å². The van der Waals surface area contributed by atoms with Gasteiger partial charge in [0.1, 0.15) is 0 Å². The lowest BCUT2D eigenvalue weighted by atomic mass is 10.00. The Hall–Kier alpha value is -2.41. The van der Waals surface area contributed by atoms with Gasteiger partial charge in [0.15, 0.2) is 5.82 Å². The summed E-state index contributed by atoms with van der Waals surface area (Å²) in [6.45, 7) is 7.77. The summed E-state index contributed by atoms with van der Waals surface area (Å²) in [7, 11) is 0. The van der Waals surface area contributed by atoms with Crippen molar-refractivity contribution in [2.45, 2.75) is 65.0 Å². The SMILES string of the molecule is CCc1cc2c(cn1)N(c1nn(C3CCOCC3)c3c1CN(C(C)=O)CC3)CCC2. The van der Waals surface area contributed by atoms with Gasteiger partial charge in [0.25, 0.3) is 0 Å². The van der Waals surface area contributed by atoms with Gasteiger partial charge >= 0.3 is 0 Å². The molecule has 0 aromatic carbocycles. The Morgan fingerprint density at radius 2 is 2.07 bits per heavy atom. The molecule has 0 spiro atoms. The van der Waals surface area contributed by atoms with Gasteiger partial charge in [-0.15, -0.1) is 0 Å². The van der Waals surface area contributed by atoms with Crippen LogP contribution in [0.1, 0.15) is 61.7 Å². The summed E-state index contributed by atoms with van der Waals surface area (Å²) >= 11 is 0. The highest BCUT2D eigenvalue weighted by molar-refractivity contribution is 5.75. The van der Waals surface area contributed by atoms with Crippen molar-refractivity contribution in [2.75, 3.05) is 31.2 Å². The molecule has 30 heavy (non-hydrogen) atoms. The predicted molar refractivity (Wildman–Crippen MR) is 115 cm³/mol. The largest absolute Gasteiger partial charge is 0.381 e. The third kappa shape index (κ3) is 3.39. The number of aryl methyl sites for hydroxylation is 2. The fourth-order valence-corrected chi connectivity index (χ4v) is 5.09. The minimum absolute atomic E-state index is 0.138. The third-order valence-corrected chi connectivity index (χ3v) is 6.81. The fraction of sp³-hybridized carbons (Fsp3) is 0.609. The maximum atomic E-state index is 12.1. The van der Waals surface area contributed by atoms with Crippen molar-refractivity contribution in [1.82, 2.24) is 19.7 Å². The molecule has 7 nitrogen and oxygen atoms in total. The highest BCUT2D eigenvalue weighted by atomic mass is 16.5. The van der Waals surface area contributed by atoms with E-state index in [1.165, 1.54) is 22.5 Å². The first kappa shape index (κ1) is 19.5. The smallest absolute Gasteiger partial charge is 0.219 e. The van der Waals surface area contributed by atoms with Crippen LogP contribution in [0.15, 0.2) is 12.3 Å². The van der Waals surface area contributed by atoms with Gasteiger partial charge in [0.05, 0.1) is 24.5 Å². The zero-order valence-electron chi connectivity index (χ0n) is 18.1. The molecule has 7 heteroatoms. The number of amides is 1. The monoisotopic (exact) mass is 409 g/mol. The predicted octanol–water partition coefficient (Wildman–Crippen LogP) is 3.18. The van der Waals surface area contributed by atoms with E-state index < -0.39 is 0 Å². The highest BCUT2D eigenvalue weighted by Gasteiger charge is 2.33. The van der Waals surface area contributed by atoms with Crippen molar-refractivity contribution >= 4 is 17.4 Å². The quantitative estimate of drug-likeness (QED) is 0.779. The lowest BCUT2D eigenvalue weighted by Gasteiger charge is -2.32. The fourth-order valence-electron chi connectivity index (χ4n) is 5.09. The minimum Gasteiger partial charge on any atom is -0.381 e. The molecule has 0 atom stereocenters. The van der Waals surface area contributed by atoms with Crippen molar-refractivity contribution in [3.05, 3.63) is 34.8 Å². The number of anilines is 2. The summed E-state index contributed by atoms with van der Waals surface area (Å²) in [5.41, 5.74) is 6.21. The molecule has 160 valence electrons. The molecule has 5 rings (SSSR count). The molecular weight excluding hydrogens is 378 g/mol.